The standard InChI is InChI=1S/C18H22FNO4/c1-3-23-17(21)10-15-8-9-20(11-16(15)19)18(22)24-12-14-6-4-13(2)5-7-14/h4-7,10,16H,3,8-9,11-12H2,1-2H3/b15-10-. The van der Waals surface area contributed by atoms with Crippen LogP contribution in [0.1, 0.15) is 24.5 Å². The summed E-state index contributed by atoms with van der Waals surface area (Å²) in [5.41, 5.74) is 2.36. The SMILES string of the molecule is CCOC(=O)/C=C1/CCN(C(=O)OCc2ccc(C)cc2)CC1F. The van der Waals surface area contributed by atoms with Crippen molar-refractivity contribution in [3.8, 4) is 0 Å². The lowest BCUT2D eigenvalue weighted by molar-refractivity contribution is -0.137. The van der Waals surface area contributed by atoms with Gasteiger partial charge in [-0.1, -0.05) is 29.8 Å². The Hall–Kier alpha value is -2.37. The fourth-order valence-corrected chi connectivity index (χ4v) is 2.41. The molecule has 0 spiro atoms. The molecule has 0 aliphatic carbocycles. The molecule has 0 bridgehead atoms. The average molecular weight is 335 g/mol. The van der Waals surface area contributed by atoms with E-state index in [1.165, 1.54) is 11.0 Å². The minimum Gasteiger partial charge on any atom is -0.463 e. The number of piperidine rings is 1. The lowest BCUT2D eigenvalue weighted by atomic mass is 10.0. The number of amides is 1. The van der Waals surface area contributed by atoms with Crippen LogP contribution in [0.5, 0.6) is 0 Å². The molecule has 2 rings (SSSR count). The Bertz CT molecular complexity index is 612. The van der Waals surface area contributed by atoms with E-state index in [9.17, 15) is 14.0 Å². The van der Waals surface area contributed by atoms with Crippen molar-refractivity contribution in [2.75, 3.05) is 19.7 Å². The number of rotatable bonds is 4. The number of likely N-dealkylation sites (tertiary alicyclic amines) is 1. The topological polar surface area (TPSA) is 55.8 Å². The van der Waals surface area contributed by atoms with Crippen molar-refractivity contribution in [2.45, 2.75) is 33.0 Å². The molecule has 0 saturated carbocycles. The molecule has 0 N–H and O–H groups in total. The molecule has 1 saturated heterocycles. The van der Waals surface area contributed by atoms with Gasteiger partial charge in [0.25, 0.3) is 0 Å². The van der Waals surface area contributed by atoms with Crippen LogP contribution in [-0.4, -0.2) is 42.8 Å². The van der Waals surface area contributed by atoms with Gasteiger partial charge in [-0.05, 0) is 31.4 Å². The molecule has 1 heterocycles. The van der Waals surface area contributed by atoms with E-state index in [2.05, 4.69) is 0 Å². The molecule has 1 atom stereocenters. The lowest BCUT2D eigenvalue weighted by Gasteiger charge is -2.30. The molecule has 24 heavy (non-hydrogen) atoms. The number of carbonyl (C=O) groups is 2. The third-order valence-electron chi connectivity index (χ3n) is 3.78. The van der Waals surface area contributed by atoms with Gasteiger partial charge in [-0.2, -0.15) is 0 Å². The number of benzene rings is 1. The van der Waals surface area contributed by atoms with E-state index in [-0.39, 0.29) is 19.8 Å². The van der Waals surface area contributed by atoms with Gasteiger partial charge in [-0.15, -0.1) is 0 Å². The summed E-state index contributed by atoms with van der Waals surface area (Å²) >= 11 is 0. The molecule has 5 nitrogen and oxygen atoms in total. The third-order valence-corrected chi connectivity index (χ3v) is 3.78. The molecular formula is C18H22FNO4. The summed E-state index contributed by atoms with van der Waals surface area (Å²) < 4.78 is 24.1. The first-order valence-corrected chi connectivity index (χ1v) is 7.98. The van der Waals surface area contributed by atoms with Crippen LogP contribution >= 0.6 is 0 Å². The second-order valence-corrected chi connectivity index (χ2v) is 5.68. The number of ether oxygens (including phenoxy) is 2. The van der Waals surface area contributed by atoms with Gasteiger partial charge in [0.2, 0.25) is 0 Å². The van der Waals surface area contributed by atoms with E-state index in [1.807, 2.05) is 31.2 Å². The monoisotopic (exact) mass is 335 g/mol. The summed E-state index contributed by atoms with van der Waals surface area (Å²) in [7, 11) is 0. The maximum Gasteiger partial charge on any atom is 0.410 e. The number of halogens is 1. The van der Waals surface area contributed by atoms with E-state index < -0.39 is 18.2 Å². The van der Waals surface area contributed by atoms with Gasteiger partial charge in [0.05, 0.1) is 13.2 Å². The Morgan fingerprint density at radius 3 is 2.62 bits per heavy atom. The first-order valence-electron chi connectivity index (χ1n) is 7.98. The normalized spacial score (nSPS) is 19.2. The van der Waals surface area contributed by atoms with Gasteiger partial charge in [0, 0.05) is 12.6 Å². The molecule has 1 aliphatic heterocycles. The number of carbonyl (C=O) groups excluding carboxylic acids is 2. The first-order chi connectivity index (χ1) is 11.5. The van der Waals surface area contributed by atoms with Crippen LogP contribution in [0, 0.1) is 6.92 Å². The van der Waals surface area contributed by atoms with Gasteiger partial charge >= 0.3 is 12.1 Å². The first kappa shape index (κ1) is 18.0. The van der Waals surface area contributed by atoms with Gasteiger partial charge in [0.1, 0.15) is 12.8 Å². The predicted molar refractivity (Wildman–Crippen MR) is 87.2 cm³/mol. The summed E-state index contributed by atoms with van der Waals surface area (Å²) in [6.45, 7) is 4.27. The number of esters is 1. The van der Waals surface area contributed by atoms with E-state index in [0.717, 1.165) is 11.1 Å². The van der Waals surface area contributed by atoms with Crippen LogP contribution in [-0.2, 0) is 20.9 Å². The van der Waals surface area contributed by atoms with E-state index in [4.69, 9.17) is 9.47 Å². The van der Waals surface area contributed by atoms with Crippen LogP contribution in [0.3, 0.4) is 0 Å². The summed E-state index contributed by atoms with van der Waals surface area (Å²) in [6.07, 6.45) is -0.452. The minimum absolute atomic E-state index is 0.113. The third kappa shape index (κ3) is 5.08. The van der Waals surface area contributed by atoms with E-state index >= 15 is 0 Å². The van der Waals surface area contributed by atoms with E-state index in [1.54, 1.807) is 6.92 Å². The summed E-state index contributed by atoms with van der Waals surface area (Å²) in [4.78, 5) is 24.7. The fourth-order valence-electron chi connectivity index (χ4n) is 2.41. The quantitative estimate of drug-likeness (QED) is 0.626. The lowest BCUT2D eigenvalue weighted by Crippen LogP contribution is -2.42. The largest absolute Gasteiger partial charge is 0.463 e. The highest BCUT2D eigenvalue weighted by Gasteiger charge is 2.28. The van der Waals surface area contributed by atoms with Crippen molar-refractivity contribution >= 4 is 12.1 Å². The van der Waals surface area contributed by atoms with Crippen molar-refractivity contribution in [2.24, 2.45) is 0 Å². The molecule has 1 aliphatic rings. The Morgan fingerprint density at radius 1 is 1.29 bits per heavy atom. The van der Waals surface area contributed by atoms with Crippen LogP contribution in [0.4, 0.5) is 9.18 Å². The van der Waals surface area contributed by atoms with Gasteiger partial charge < -0.3 is 14.4 Å². The summed E-state index contributed by atoms with van der Waals surface area (Å²) in [5.74, 6) is -0.550. The van der Waals surface area contributed by atoms with Crippen LogP contribution in [0.25, 0.3) is 0 Å². The Labute approximate surface area is 141 Å². The highest BCUT2D eigenvalue weighted by atomic mass is 19.1. The summed E-state index contributed by atoms with van der Waals surface area (Å²) in [6, 6.07) is 7.65. The second-order valence-electron chi connectivity index (χ2n) is 5.68. The number of hydrogen-bond acceptors (Lipinski definition) is 4. The Kier molecular flexibility index (Phi) is 6.35. The number of hydrogen-bond donors (Lipinski definition) is 0. The predicted octanol–water partition coefficient (Wildman–Crippen LogP) is 3.16. The average Bonchev–Trinajstić information content (AvgIpc) is 2.56. The second kappa shape index (κ2) is 8.47. The molecule has 1 unspecified atom stereocenters. The Morgan fingerprint density at radius 2 is 2.00 bits per heavy atom. The highest BCUT2D eigenvalue weighted by Crippen LogP contribution is 2.21. The van der Waals surface area contributed by atoms with Gasteiger partial charge in [-0.3, -0.25) is 0 Å². The molecule has 1 aromatic carbocycles. The van der Waals surface area contributed by atoms with Crippen LogP contribution in [0.2, 0.25) is 0 Å². The van der Waals surface area contributed by atoms with Crippen molar-refractivity contribution in [1.82, 2.24) is 4.90 Å². The zero-order valence-corrected chi connectivity index (χ0v) is 14.0. The highest BCUT2D eigenvalue weighted by molar-refractivity contribution is 5.83. The molecule has 130 valence electrons. The van der Waals surface area contributed by atoms with Crippen molar-refractivity contribution in [3.63, 3.8) is 0 Å². The molecular weight excluding hydrogens is 313 g/mol. The van der Waals surface area contributed by atoms with Crippen LogP contribution < -0.4 is 0 Å². The van der Waals surface area contributed by atoms with Gasteiger partial charge in [-0.25, -0.2) is 14.0 Å². The molecule has 0 aromatic heterocycles. The summed E-state index contributed by atoms with van der Waals surface area (Å²) in [5, 5.41) is 0. The number of nitrogens with zero attached hydrogens (tertiary/aromatic N) is 1. The smallest absolute Gasteiger partial charge is 0.410 e. The Balaban J connectivity index is 1.84. The van der Waals surface area contributed by atoms with Crippen LogP contribution in [0.15, 0.2) is 35.9 Å². The molecule has 1 fully saturated rings. The molecule has 0 radical (unpaired) electrons. The van der Waals surface area contributed by atoms with E-state index in [0.29, 0.717) is 18.5 Å². The molecule has 1 aromatic rings. The molecule has 6 heteroatoms. The maximum atomic E-state index is 14.1. The fraction of sp³-hybridized carbons (Fsp3) is 0.444. The van der Waals surface area contributed by atoms with Crippen molar-refractivity contribution < 1.29 is 23.5 Å². The van der Waals surface area contributed by atoms with Crippen molar-refractivity contribution in [3.05, 3.63) is 47.0 Å². The zero-order valence-electron chi connectivity index (χ0n) is 14.0. The number of aryl methyl sites for hydroxylation is 1. The van der Waals surface area contributed by atoms with Crippen molar-refractivity contribution in [1.29, 1.82) is 0 Å². The zero-order chi connectivity index (χ0) is 17.5. The number of alkyl halides is 1. The molecule has 1 amide bonds. The minimum atomic E-state index is -1.38. The van der Waals surface area contributed by atoms with Gasteiger partial charge in [0.15, 0.2) is 0 Å². The maximum absolute atomic E-state index is 14.1.